The first-order valence-electron chi connectivity index (χ1n) is 8.80. The van der Waals surface area contributed by atoms with Crippen molar-refractivity contribution in [2.75, 3.05) is 20.3 Å². The highest BCUT2D eigenvalue weighted by atomic mass is 16.5. The maximum atomic E-state index is 12.2. The molecule has 0 aliphatic carbocycles. The van der Waals surface area contributed by atoms with Crippen molar-refractivity contribution < 1.29 is 19.1 Å². The Morgan fingerprint density at radius 1 is 1.12 bits per heavy atom. The summed E-state index contributed by atoms with van der Waals surface area (Å²) >= 11 is 0. The topological polar surface area (TPSA) is 64.6 Å². The summed E-state index contributed by atoms with van der Waals surface area (Å²) in [5, 5.41) is 2.88. The number of ether oxygens (including phenoxy) is 2. The lowest BCUT2D eigenvalue weighted by molar-refractivity contribution is -0.121. The number of methoxy groups -OCH3 is 1. The molecule has 1 amide bonds. The second kappa shape index (κ2) is 8.63. The van der Waals surface area contributed by atoms with E-state index in [1.807, 2.05) is 18.2 Å². The first-order chi connectivity index (χ1) is 12.7. The number of hydrogen-bond donors (Lipinski definition) is 1. The van der Waals surface area contributed by atoms with Gasteiger partial charge in [-0.05, 0) is 41.8 Å². The SMILES string of the molecule is COc1ccc(C(=O)CCC(=O)NC[C@H]2OCCc3ccccc32)cc1. The number of benzene rings is 2. The minimum atomic E-state index is -0.140. The lowest BCUT2D eigenvalue weighted by Gasteiger charge is -2.26. The summed E-state index contributed by atoms with van der Waals surface area (Å²) < 4.78 is 10.9. The van der Waals surface area contributed by atoms with Crippen LogP contribution in [0.25, 0.3) is 0 Å². The Morgan fingerprint density at radius 2 is 1.88 bits per heavy atom. The highest BCUT2D eigenvalue weighted by Crippen LogP contribution is 2.26. The van der Waals surface area contributed by atoms with Crippen LogP contribution in [0, 0.1) is 0 Å². The molecule has 0 saturated heterocycles. The molecule has 0 spiro atoms. The monoisotopic (exact) mass is 353 g/mol. The number of rotatable bonds is 7. The molecular formula is C21H23NO4. The summed E-state index contributed by atoms with van der Waals surface area (Å²) in [6, 6.07) is 15.0. The second-order valence-corrected chi connectivity index (χ2v) is 6.26. The summed E-state index contributed by atoms with van der Waals surface area (Å²) in [5.74, 6) is 0.507. The fraction of sp³-hybridized carbons (Fsp3) is 0.333. The molecule has 0 bridgehead atoms. The van der Waals surface area contributed by atoms with Gasteiger partial charge in [0.25, 0.3) is 0 Å². The maximum absolute atomic E-state index is 12.2. The quantitative estimate of drug-likeness (QED) is 0.777. The second-order valence-electron chi connectivity index (χ2n) is 6.26. The highest BCUT2D eigenvalue weighted by molar-refractivity contribution is 5.98. The van der Waals surface area contributed by atoms with Crippen LogP contribution in [0.5, 0.6) is 5.75 Å². The zero-order chi connectivity index (χ0) is 18.4. The molecule has 1 aliphatic heterocycles. The molecule has 2 aromatic carbocycles. The van der Waals surface area contributed by atoms with Crippen LogP contribution in [-0.4, -0.2) is 32.0 Å². The largest absolute Gasteiger partial charge is 0.497 e. The van der Waals surface area contributed by atoms with Crippen LogP contribution in [0.1, 0.15) is 40.4 Å². The molecule has 1 heterocycles. The number of nitrogens with one attached hydrogen (secondary N) is 1. The van der Waals surface area contributed by atoms with E-state index in [-0.39, 0.29) is 30.6 Å². The zero-order valence-electron chi connectivity index (χ0n) is 14.9. The van der Waals surface area contributed by atoms with E-state index >= 15 is 0 Å². The molecule has 5 heteroatoms. The van der Waals surface area contributed by atoms with Crippen molar-refractivity contribution in [3.8, 4) is 5.75 Å². The molecule has 0 saturated carbocycles. The Bertz CT molecular complexity index is 770. The lowest BCUT2D eigenvalue weighted by atomic mass is 9.97. The highest BCUT2D eigenvalue weighted by Gasteiger charge is 2.21. The van der Waals surface area contributed by atoms with E-state index in [4.69, 9.17) is 9.47 Å². The number of carbonyl (C=O) groups excluding carboxylic acids is 2. The lowest BCUT2D eigenvalue weighted by Crippen LogP contribution is -2.32. The van der Waals surface area contributed by atoms with Gasteiger partial charge in [0.1, 0.15) is 11.9 Å². The van der Waals surface area contributed by atoms with Gasteiger partial charge in [0.05, 0.1) is 13.7 Å². The molecule has 0 aromatic heterocycles. The standard InChI is InChI=1S/C21H23NO4/c1-25-17-8-6-16(7-9-17)19(23)10-11-21(24)22-14-20-18-5-3-2-4-15(18)12-13-26-20/h2-9,20H,10-14H2,1H3,(H,22,24)/t20-/m1/s1. The van der Waals surface area contributed by atoms with Gasteiger partial charge < -0.3 is 14.8 Å². The van der Waals surface area contributed by atoms with E-state index in [2.05, 4.69) is 11.4 Å². The molecule has 5 nitrogen and oxygen atoms in total. The molecule has 0 radical (unpaired) electrons. The van der Waals surface area contributed by atoms with Gasteiger partial charge >= 0.3 is 0 Å². The molecular weight excluding hydrogens is 330 g/mol. The van der Waals surface area contributed by atoms with E-state index in [9.17, 15) is 9.59 Å². The van der Waals surface area contributed by atoms with Crippen molar-refractivity contribution in [3.63, 3.8) is 0 Å². The van der Waals surface area contributed by atoms with E-state index in [0.29, 0.717) is 24.5 Å². The Hall–Kier alpha value is -2.66. The fourth-order valence-corrected chi connectivity index (χ4v) is 3.09. The van der Waals surface area contributed by atoms with E-state index < -0.39 is 0 Å². The Morgan fingerprint density at radius 3 is 2.65 bits per heavy atom. The van der Waals surface area contributed by atoms with Gasteiger partial charge in [-0.2, -0.15) is 0 Å². The van der Waals surface area contributed by atoms with Gasteiger partial charge in [-0.25, -0.2) is 0 Å². The van der Waals surface area contributed by atoms with E-state index in [1.165, 1.54) is 5.56 Å². The number of hydrogen-bond acceptors (Lipinski definition) is 4. The van der Waals surface area contributed by atoms with Crippen molar-refractivity contribution >= 4 is 11.7 Å². The molecule has 0 fully saturated rings. The normalized spacial score (nSPS) is 15.8. The predicted molar refractivity (Wildman–Crippen MR) is 98.4 cm³/mol. The van der Waals surface area contributed by atoms with Gasteiger partial charge in [-0.3, -0.25) is 9.59 Å². The molecule has 1 N–H and O–H groups in total. The molecule has 136 valence electrons. The molecule has 1 atom stereocenters. The maximum Gasteiger partial charge on any atom is 0.220 e. The third-order valence-electron chi connectivity index (χ3n) is 4.57. The fourth-order valence-electron chi connectivity index (χ4n) is 3.09. The van der Waals surface area contributed by atoms with Crippen molar-refractivity contribution in [1.82, 2.24) is 5.32 Å². The summed E-state index contributed by atoms with van der Waals surface area (Å²) in [7, 11) is 1.58. The third-order valence-corrected chi connectivity index (χ3v) is 4.57. The van der Waals surface area contributed by atoms with Crippen LogP contribution in [-0.2, 0) is 16.0 Å². The molecule has 26 heavy (non-hydrogen) atoms. The minimum absolute atomic E-state index is 0.0536. The van der Waals surface area contributed by atoms with Crippen LogP contribution in [0.2, 0.25) is 0 Å². The molecule has 1 aliphatic rings. The van der Waals surface area contributed by atoms with Crippen molar-refractivity contribution in [2.45, 2.75) is 25.4 Å². The van der Waals surface area contributed by atoms with Crippen molar-refractivity contribution in [2.24, 2.45) is 0 Å². The number of carbonyl (C=O) groups is 2. The van der Waals surface area contributed by atoms with Crippen LogP contribution >= 0.6 is 0 Å². The molecule has 2 aromatic rings. The van der Waals surface area contributed by atoms with Gasteiger partial charge in [0, 0.05) is 24.9 Å². The number of amides is 1. The van der Waals surface area contributed by atoms with Gasteiger partial charge in [-0.15, -0.1) is 0 Å². The van der Waals surface area contributed by atoms with Crippen LogP contribution in [0.4, 0.5) is 0 Å². The molecule has 0 unspecified atom stereocenters. The molecule has 3 rings (SSSR count). The van der Waals surface area contributed by atoms with Gasteiger partial charge in [0.2, 0.25) is 5.91 Å². The van der Waals surface area contributed by atoms with E-state index in [0.717, 1.165) is 12.0 Å². The predicted octanol–water partition coefficient (Wildman–Crippen LogP) is 3.09. The van der Waals surface area contributed by atoms with Gasteiger partial charge in [0.15, 0.2) is 5.78 Å². The van der Waals surface area contributed by atoms with Gasteiger partial charge in [-0.1, -0.05) is 24.3 Å². The Balaban J connectivity index is 1.46. The summed E-state index contributed by atoms with van der Waals surface area (Å²) in [6.07, 6.45) is 1.12. The average molecular weight is 353 g/mol. The van der Waals surface area contributed by atoms with Crippen LogP contribution < -0.4 is 10.1 Å². The first kappa shape index (κ1) is 18.1. The number of Topliss-reactive ketones (excluding diaryl/α,β-unsaturated/α-hetero) is 1. The average Bonchev–Trinajstić information content (AvgIpc) is 2.70. The van der Waals surface area contributed by atoms with E-state index in [1.54, 1.807) is 31.4 Å². The smallest absolute Gasteiger partial charge is 0.220 e. The Kier molecular flexibility index (Phi) is 6.02. The van der Waals surface area contributed by atoms with Crippen molar-refractivity contribution in [1.29, 1.82) is 0 Å². The van der Waals surface area contributed by atoms with Crippen LogP contribution in [0.3, 0.4) is 0 Å². The summed E-state index contributed by atoms with van der Waals surface area (Å²) in [6.45, 7) is 1.08. The number of ketones is 1. The summed E-state index contributed by atoms with van der Waals surface area (Å²) in [4.78, 5) is 24.3. The summed E-state index contributed by atoms with van der Waals surface area (Å²) in [5.41, 5.74) is 2.99. The number of fused-ring (bicyclic) bond motifs is 1. The Labute approximate surface area is 153 Å². The third kappa shape index (κ3) is 4.49. The minimum Gasteiger partial charge on any atom is -0.497 e. The van der Waals surface area contributed by atoms with Crippen molar-refractivity contribution in [3.05, 3.63) is 65.2 Å². The first-order valence-corrected chi connectivity index (χ1v) is 8.80. The van der Waals surface area contributed by atoms with Crippen LogP contribution in [0.15, 0.2) is 48.5 Å². The zero-order valence-corrected chi connectivity index (χ0v) is 14.9.